The molecule has 0 aliphatic rings. The Hall–Kier alpha value is -1.71. The molecule has 0 spiro atoms. The van der Waals surface area contributed by atoms with Gasteiger partial charge in [0.1, 0.15) is 5.75 Å². The van der Waals surface area contributed by atoms with E-state index in [1.807, 2.05) is 13.8 Å². The minimum absolute atomic E-state index is 0.315. The van der Waals surface area contributed by atoms with Gasteiger partial charge in [-0.05, 0) is 36.5 Å². The standard InChI is InChI=1S/C16H25NO3/c1-11(2)7-8-19-15-6-5-13(9-14(15)17)16(18)20-10-12(3)4/h5-6,9,11-12H,7-8,10,17H2,1-4H3. The van der Waals surface area contributed by atoms with E-state index in [1.54, 1.807) is 18.2 Å². The molecule has 20 heavy (non-hydrogen) atoms. The predicted molar refractivity (Wildman–Crippen MR) is 80.9 cm³/mol. The number of hydrogen-bond donors (Lipinski definition) is 1. The second kappa shape index (κ2) is 7.78. The van der Waals surface area contributed by atoms with Crippen molar-refractivity contribution in [3.63, 3.8) is 0 Å². The van der Waals surface area contributed by atoms with E-state index in [0.717, 1.165) is 6.42 Å². The van der Waals surface area contributed by atoms with Gasteiger partial charge in [-0.25, -0.2) is 4.79 Å². The van der Waals surface area contributed by atoms with Crippen LogP contribution in [0.1, 0.15) is 44.5 Å². The third kappa shape index (κ3) is 5.51. The highest BCUT2D eigenvalue weighted by atomic mass is 16.5. The summed E-state index contributed by atoms with van der Waals surface area (Å²) in [5.41, 5.74) is 6.82. The Morgan fingerprint density at radius 3 is 2.45 bits per heavy atom. The van der Waals surface area contributed by atoms with Gasteiger partial charge in [0, 0.05) is 0 Å². The van der Waals surface area contributed by atoms with Gasteiger partial charge in [0.2, 0.25) is 0 Å². The van der Waals surface area contributed by atoms with Crippen molar-refractivity contribution < 1.29 is 14.3 Å². The maximum Gasteiger partial charge on any atom is 0.338 e. The number of nitrogens with two attached hydrogens (primary N) is 1. The molecule has 0 heterocycles. The van der Waals surface area contributed by atoms with Gasteiger partial charge in [-0.2, -0.15) is 0 Å². The van der Waals surface area contributed by atoms with Gasteiger partial charge < -0.3 is 15.2 Å². The van der Waals surface area contributed by atoms with Crippen LogP contribution < -0.4 is 10.5 Å². The summed E-state index contributed by atoms with van der Waals surface area (Å²) in [5.74, 6) is 1.17. The number of benzene rings is 1. The van der Waals surface area contributed by atoms with Gasteiger partial charge in [0.15, 0.2) is 0 Å². The number of carbonyl (C=O) groups is 1. The first-order chi connectivity index (χ1) is 9.40. The molecule has 0 aromatic heterocycles. The summed E-state index contributed by atoms with van der Waals surface area (Å²) in [6.07, 6.45) is 0.970. The molecule has 0 amide bonds. The van der Waals surface area contributed by atoms with Crippen molar-refractivity contribution >= 4 is 11.7 Å². The van der Waals surface area contributed by atoms with Crippen molar-refractivity contribution in [2.75, 3.05) is 18.9 Å². The van der Waals surface area contributed by atoms with Crippen molar-refractivity contribution in [1.82, 2.24) is 0 Å². The summed E-state index contributed by atoms with van der Waals surface area (Å²) in [4.78, 5) is 11.8. The maximum absolute atomic E-state index is 11.8. The zero-order chi connectivity index (χ0) is 15.1. The van der Waals surface area contributed by atoms with E-state index >= 15 is 0 Å². The zero-order valence-electron chi connectivity index (χ0n) is 12.8. The number of anilines is 1. The van der Waals surface area contributed by atoms with Gasteiger partial charge in [0.25, 0.3) is 0 Å². The Labute approximate surface area is 121 Å². The van der Waals surface area contributed by atoms with Crippen LogP contribution in [-0.4, -0.2) is 19.2 Å². The highest BCUT2D eigenvalue weighted by molar-refractivity contribution is 5.91. The van der Waals surface area contributed by atoms with Crippen LogP contribution in [-0.2, 0) is 4.74 Å². The Bertz CT molecular complexity index is 441. The molecule has 1 rings (SSSR count). The third-order valence-corrected chi connectivity index (χ3v) is 2.75. The van der Waals surface area contributed by atoms with E-state index in [0.29, 0.717) is 42.0 Å². The first-order valence-electron chi connectivity index (χ1n) is 7.09. The van der Waals surface area contributed by atoms with Crippen molar-refractivity contribution in [1.29, 1.82) is 0 Å². The monoisotopic (exact) mass is 279 g/mol. The third-order valence-electron chi connectivity index (χ3n) is 2.75. The molecule has 0 radical (unpaired) electrons. The highest BCUT2D eigenvalue weighted by Crippen LogP contribution is 2.23. The van der Waals surface area contributed by atoms with Crippen LogP contribution in [0.5, 0.6) is 5.75 Å². The van der Waals surface area contributed by atoms with E-state index in [2.05, 4.69) is 13.8 Å². The molecule has 4 heteroatoms. The Morgan fingerprint density at radius 1 is 1.20 bits per heavy atom. The lowest BCUT2D eigenvalue weighted by Crippen LogP contribution is -2.11. The summed E-state index contributed by atoms with van der Waals surface area (Å²) in [5, 5.41) is 0. The van der Waals surface area contributed by atoms with Crippen molar-refractivity contribution in [2.45, 2.75) is 34.1 Å². The lowest BCUT2D eigenvalue weighted by Gasteiger charge is -2.12. The molecule has 1 aromatic carbocycles. The summed E-state index contributed by atoms with van der Waals surface area (Å²) in [6, 6.07) is 5.01. The second-order valence-corrected chi connectivity index (χ2v) is 5.78. The molecule has 0 saturated carbocycles. The van der Waals surface area contributed by atoms with Crippen LogP contribution in [0.25, 0.3) is 0 Å². The molecule has 0 bridgehead atoms. The minimum atomic E-state index is -0.348. The number of esters is 1. The number of rotatable bonds is 7. The van der Waals surface area contributed by atoms with Gasteiger partial charge in [-0.3, -0.25) is 0 Å². The van der Waals surface area contributed by atoms with E-state index in [-0.39, 0.29) is 5.97 Å². The first kappa shape index (κ1) is 16.3. The summed E-state index contributed by atoms with van der Waals surface area (Å²) in [6.45, 7) is 9.30. The lowest BCUT2D eigenvalue weighted by atomic mass is 10.1. The first-order valence-corrected chi connectivity index (χ1v) is 7.09. The van der Waals surface area contributed by atoms with Crippen LogP contribution in [0, 0.1) is 11.8 Å². The molecule has 0 fully saturated rings. The van der Waals surface area contributed by atoms with Crippen molar-refractivity contribution in [2.24, 2.45) is 11.8 Å². The molecular weight excluding hydrogens is 254 g/mol. The number of ether oxygens (including phenoxy) is 2. The molecule has 4 nitrogen and oxygen atoms in total. The van der Waals surface area contributed by atoms with E-state index in [1.165, 1.54) is 0 Å². The molecule has 0 unspecified atom stereocenters. The Balaban J connectivity index is 2.60. The highest BCUT2D eigenvalue weighted by Gasteiger charge is 2.11. The molecular formula is C16H25NO3. The molecule has 0 saturated heterocycles. The van der Waals surface area contributed by atoms with Crippen LogP contribution in [0.3, 0.4) is 0 Å². The van der Waals surface area contributed by atoms with Crippen LogP contribution >= 0.6 is 0 Å². The molecule has 1 aromatic rings. The van der Waals surface area contributed by atoms with E-state index in [9.17, 15) is 4.79 Å². The molecule has 0 aliphatic heterocycles. The van der Waals surface area contributed by atoms with Gasteiger partial charge in [0.05, 0.1) is 24.5 Å². The van der Waals surface area contributed by atoms with Crippen LogP contribution in [0.2, 0.25) is 0 Å². The fraction of sp³-hybridized carbons (Fsp3) is 0.562. The number of carbonyl (C=O) groups excluding carboxylic acids is 1. The van der Waals surface area contributed by atoms with Crippen molar-refractivity contribution in [3.05, 3.63) is 23.8 Å². The predicted octanol–water partition coefficient (Wildman–Crippen LogP) is 3.51. The molecule has 0 aliphatic carbocycles. The molecule has 2 N–H and O–H groups in total. The van der Waals surface area contributed by atoms with Crippen LogP contribution in [0.4, 0.5) is 5.69 Å². The van der Waals surface area contributed by atoms with E-state index < -0.39 is 0 Å². The van der Waals surface area contributed by atoms with E-state index in [4.69, 9.17) is 15.2 Å². The molecule has 0 atom stereocenters. The summed E-state index contributed by atoms with van der Waals surface area (Å²) in [7, 11) is 0. The average Bonchev–Trinajstić information content (AvgIpc) is 2.37. The average molecular weight is 279 g/mol. The Morgan fingerprint density at radius 2 is 1.90 bits per heavy atom. The fourth-order valence-electron chi connectivity index (χ4n) is 1.54. The largest absolute Gasteiger partial charge is 0.491 e. The number of nitrogen functional groups attached to an aromatic ring is 1. The quantitative estimate of drug-likeness (QED) is 0.613. The van der Waals surface area contributed by atoms with Gasteiger partial charge in [-0.1, -0.05) is 27.7 Å². The van der Waals surface area contributed by atoms with Gasteiger partial charge in [-0.15, -0.1) is 0 Å². The fourth-order valence-corrected chi connectivity index (χ4v) is 1.54. The lowest BCUT2D eigenvalue weighted by molar-refractivity contribution is 0.0459. The topological polar surface area (TPSA) is 61.5 Å². The molecule has 112 valence electrons. The number of hydrogen-bond acceptors (Lipinski definition) is 4. The normalized spacial score (nSPS) is 10.9. The summed E-state index contributed by atoms with van der Waals surface area (Å²) >= 11 is 0. The second-order valence-electron chi connectivity index (χ2n) is 5.78. The zero-order valence-corrected chi connectivity index (χ0v) is 12.8. The smallest absolute Gasteiger partial charge is 0.338 e. The summed E-state index contributed by atoms with van der Waals surface area (Å²) < 4.78 is 10.8. The SMILES string of the molecule is CC(C)CCOc1ccc(C(=O)OCC(C)C)cc1N. The Kier molecular flexibility index (Phi) is 6.36. The van der Waals surface area contributed by atoms with Gasteiger partial charge >= 0.3 is 5.97 Å². The maximum atomic E-state index is 11.8. The minimum Gasteiger partial charge on any atom is -0.491 e. The van der Waals surface area contributed by atoms with Crippen LogP contribution in [0.15, 0.2) is 18.2 Å². The van der Waals surface area contributed by atoms with Crippen molar-refractivity contribution in [3.8, 4) is 5.75 Å².